The molecule has 2 atom stereocenters. The number of hydrogen-bond acceptors (Lipinski definition) is 8. The molecule has 0 aliphatic carbocycles. The van der Waals surface area contributed by atoms with Gasteiger partial charge in [0, 0.05) is 17.8 Å². The number of esters is 1. The average molecular weight is 468 g/mol. The van der Waals surface area contributed by atoms with Crippen LogP contribution in [-0.2, 0) is 9.53 Å². The Balaban J connectivity index is 2.17. The minimum absolute atomic E-state index is 0.0478. The molecule has 34 heavy (non-hydrogen) atoms. The Kier molecular flexibility index (Phi) is 8.08. The van der Waals surface area contributed by atoms with Crippen LogP contribution in [0, 0.1) is 0 Å². The van der Waals surface area contributed by atoms with Crippen molar-refractivity contribution in [2.75, 3.05) is 40.9 Å². The number of carbonyl (C=O) groups is 1. The second-order valence-corrected chi connectivity index (χ2v) is 7.38. The summed E-state index contributed by atoms with van der Waals surface area (Å²) in [6, 6.07) is 17.2. The lowest BCUT2D eigenvalue weighted by atomic mass is 9.86. The summed E-state index contributed by atoms with van der Waals surface area (Å²) >= 11 is 0. The average Bonchev–Trinajstić information content (AvgIpc) is 2.87. The van der Waals surface area contributed by atoms with Gasteiger partial charge in [0.1, 0.15) is 5.92 Å². The Hall–Kier alpha value is -4.07. The minimum Gasteiger partial charge on any atom is -0.504 e. The fraction of sp³-hybridized carbons (Fsp3) is 0.269. The number of phenolic OH excluding ortho intramolecular Hbond substituents is 1. The van der Waals surface area contributed by atoms with E-state index in [1.54, 1.807) is 30.3 Å². The lowest BCUT2D eigenvalue weighted by Gasteiger charge is -2.29. The number of hydrogen-bond donors (Lipinski definition) is 2. The predicted molar refractivity (Wildman–Crippen MR) is 128 cm³/mol. The van der Waals surface area contributed by atoms with Crippen molar-refractivity contribution in [3.05, 3.63) is 71.8 Å². The molecule has 8 nitrogen and oxygen atoms in total. The Morgan fingerprint density at radius 3 is 1.88 bits per heavy atom. The summed E-state index contributed by atoms with van der Waals surface area (Å²) in [7, 11) is 7.41. The molecular formula is C26H29NO7. The Bertz CT molecular complexity index is 1090. The normalized spacial score (nSPS) is 12.3. The summed E-state index contributed by atoms with van der Waals surface area (Å²) in [4.78, 5) is 13.1. The van der Waals surface area contributed by atoms with E-state index in [0.29, 0.717) is 34.2 Å². The highest BCUT2D eigenvalue weighted by atomic mass is 16.5. The third kappa shape index (κ3) is 5.11. The van der Waals surface area contributed by atoms with Gasteiger partial charge in [0.05, 0.1) is 41.6 Å². The predicted octanol–water partition coefficient (Wildman–Crippen LogP) is 4.54. The number of nitrogens with one attached hydrogen (secondary N) is 1. The van der Waals surface area contributed by atoms with Gasteiger partial charge in [-0.1, -0.05) is 36.4 Å². The van der Waals surface area contributed by atoms with E-state index in [1.165, 1.54) is 35.5 Å². The van der Waals surface area contributed by atoms with Gasteiger partial charge in [0.25, 0.3) is 0 Å². The maximum Gasteiger partial charge on any atom is 0.315 e. The maximum atomic E-state index is 13.1. The van der Waals surface area contributed by atoms with Crippen LogP contribution in [-0.4, -0.2) is 46.6 Å². The number of aromatic hydroxyl groups is 1. The van der Waals surface area contributed by atoms with E-state index in [0.717, 1.165) is 5.56 Å². The van der Waals surface area contributed by atoms with Crippen LogP contribution < -0.4 is 24.3 Å². The summed E-state index contributed by atoms with van der Waals surface area (Å²) in [5, 5.41) is 13.9. The quantitative estimate of drug-likeness (QED) is 0.420. The van der Waals surface area contributed by atoms with Crippen molar-refractivity contribution >= 4 is 11.7 Å². The van der Waals surface area contributed by atoms with Crippen LogP contribution in [0.4, 0.5) is 5.69 Å². The first kappa shape index (κ1) is 24.6. The molecule has 0 radical (unpaired) electrons. The van der Waals surface area contributed by atoms with Gasteiger partial charge in [-0.2, -0.15) is 0 Å². The van der Waals surface area contributed by atoms with E-state index in [9.17, 15) is 9.90 Å². The SMILES string of the molecule is COC(=O)[C@@H](c1ccccc1)[C@H](Nc1cc(OC)c(OC)c(OC)c1)c1ccc(OC)c(O)c1. The smallest absolute Gasteiger partial charge is 0.315 e. The third-order valence-electron chi connectivity index (χ3n) is 5.50. The van der Waals surface area contributed by atoms with Crippen molar-refractivity contribution in [1.29, 1.82) is 0 Å². The van der Waals surface area contributed by atoms with Crippen LogP contribution in [0.25, 0.3) is 0 Å². The van der Waals surface area contributed by atoms with Crippen molar-refractivity contribution in [2.24, 2.45) is 0 Å². The summed E-state index contributed by atoms with van der Waals surface area (Å²) in [6.45, 7) is 0. The van der Waals surface area contributed by atoms with E-state index < -0.39 is 17.9 Å². The summed E-state index contributed by atoms with van der Waals surface area (Å²) in [5.41, 5.74) is 2.00. The standard InChI is InChI=1S/C26H29NO7/c1-30-20-12-11-17(13-19(20)28)24(23(26(29)34-5)16-9-7-6-8-10-16)27-18-14-21(31-2)25(33-4)22(15-18)32-3/h6-15,23-24,27-28H,1-5H3/t23-,24+/m0/s1. The first-order valence-electron chi connectivity index (χ1n) is 10.5. The first-order chi connectivity index (χ1) is 16.5. The topological polar surface area (TPSA) is 95.5 Å². The van der Waals surface area contributed by atoms with Crippen LogP contribution in [0.1, 0.15) is 23.1 Å². The molecule has 3 rings (SSSR count). The van der Waals surface area contributed by atoms with E-state index >= 15 is 0 Å². The van der Waals surface area contributed by atoms with Crippen molar-refractivity contribution in [3.63, 3.8) is 0 Å². The lowest BCUT2D eigenvalue weighted by Crippen LogP contribution is -2.27. The molecule has 0 aliphatic heterocycles. The molecule has 0 heterocycles. The Morgan fingerprint density at radius 1 is 0.765 bits per heavy atom. The second-order valence-electron chi connectivity index (χ2n) is 7.38. The van der Waals surface area contributed by atoms with Crippen molar-refractivity contribution in [2.45, 2.75) is 12.0 Å². The fourth-order valence-corrected chi connectivity index (χ4v) is 3.86. The van der Waals surface area contributed by atoms with Gasteiger partial charge in [-0.05, 0) is 23.3 Å². The number of ether oxygens (including phenoxy) is 5. The molecule has 3 aromatic rings. The summed E-state index contributed by atoms with van der Waals surface area (Å²) in [6.07, 6.45) is 0. The molecule has 0 spiro atoms. The first-order valence-corrected chi connectivity index (χ1v) is 10.5. The highest BCUT2D eigenvalue weighted by molar-refractivity contribution is 5.80. The zero-order valence-corrected chi connectivity index (χ0v) is 19.8. The molecule has 180 valence electrons. The highest BCUT2D eigenvalue weighted by Crippen LogP contribution is 2.43. The van der Waals surface area contributed by atoms with Gasteiger partial charge >= 0.3 is 5.97 Å². The molecule has 0 fully saturated rings. The van der Waals surface area contributed by atoms with Crippen LogP contribution in [0.2, 0.25) is 0 Å². The highest BCUT2D eigenvalue weighted by Gasteiger charge is 2.33. The molecule has 0 aromatic heterocycles. The monoisotopic (exact) mass is 467 g/mol. The number of methoxy groups -OCH3 is 5. The van der Waals surface area contributed by atoms with Gasteiger partial charge in [-0.25, -0.2) is 0 Å². The van der Waals surface area contributed by atoms with Gasteiger partial charge in [0.15, 0.2) is 23.0 Å². The van der Waals surface area contributed by atoms with Crippen LogP contribution in [0.15, 0.2) is 60.7 Å². The van der Waals surface area contributed by atoms with Crippen LogP contribution in [0.5, 0.6) is 28.7 Å². The van der Waals surface area contributed by atoms with Crippen molar-refractivity contribution < 1.29 is 33.6 Å². The molecule has 0 saturated carbocycles. The second kappa shape index (κ2) is 11.2. The zero-order chi connectivity index (χ0) is 24.7. The molecule has 2 N–H and O–H groups in total. The number of benzene rings is 3. The lowest BCUT2D eigenvalue weighted by molar-refractivity contribution is -0.142. The molecule has 0 saturated heterocycles. The van der Waals surface area contributed by atoms with Gasteiger partial charge in [-0.15, -0.1) is 0 Å². The maximum absolute atomic E-state index is 13.1. The summed E-state index contributed by atoms with van der Waals surface area (Å²) < 4.78 is 26.7. The number of anilines is 1. The van der Waals surface area contributed by atoms with Gasteiger partial charge in [0.2, 0.25) is 5.75 Å². The molecule has 0 bridgehead atoms. The van der Waals surface area contributed by atoms with Crippen LogP contribution in [0.3, 0.4) is 0 Å². The molecular weight excluding hydrogens is 438 g/mol. The molecule has 3 aromatic carbocycles. The largest absolute Gasteiger partial charge is 0.504 e. The number of phenols is 1. The van der Waals surface area contributed by atoms with E-state index in [2.05, 4.69) is 5.32 Å². The summed E-state index contributed by atoms with van der Waals surface area (Å²) in [5.74, 6) is 0.453. The minimum atomic E-state index is -0.738. The number of carbonyl (C=O) groups excluding carboxylic acids is 1. The third-order valence-corrected chi connectivity index (χ3v) is 5.50. The fourth-order valence-electron chi connectivity index (χ4n) is 3.86. The molecule has 0 aliphatic rings. The Morgan fingerprint density at radius 2 is 1.38 bits per heavy atom. The van der Waals surface area contributed by atoms with E-state index in [4.69, 9.17) is 23.7 Å². The van der Waals surface area contributed by atoms with Crippen molar-refractivity contribution in [1.82, 2.24) is 0 Å². The van der Waals surface area contributed by atoms with Gasteiger partial charge < -0.3 is 34.1 Å². The Labute approximate surface area is 199 Å². The van der Waals surface area contributed by atoms with Crippen molar-refractivity contribution in [3.8, 4) is 28.7 Å². The molecule has 0 amide bonds. The van der Waals surface area contributed by atoms with Crippen LogP contribution >= 0.6 is 0 Å². The van der Waals surface area contributed by atoms with E-state index in [-0.39, 0.29) is 5.75 Å². The van der Waals surface area contributed by atoms with E-state index in [1.807, 2.05) is 30.3 Å². The molecule has 8 heteroatoms. The molecule has 0 unspecified atom stereocenters. The number of rotatable bonds is 10. The zero-order valence-electron chi connectivity index (χ0n) is 19.8. The van der Waals surface area contributed by atoms with Gasteiger partial charge in [-0.3, -0.25) is 4.79 Å².